The highest BCUT2D eigenvalue weighted by molar-refractivity contribution is 6.30. The van der Waals surface area contributed by atoms with E-state index in [1.165, 1.54) is 31.2 Å². The van der Waals surface area contributed by atoms with Crippen LogP contribution in [0.15, 0.2) is 35.3 Å². The number of rotatable bonds is 5. The Hall–Kier alpha value is -2.53. The van der Waals surface area contributed by atoms with E-state index in [-0.39, 0.29) is 12.6 Å². The first-order valence-corrected chi connectivity index (χ1v) is 11.7. The highest BCUT2D eigenvalue weighted by atomic mass is 35.5. The van der Waals surface area contributed by atoms with E-state index in [0.29, 0.717) is 17.2 Å². The van der Waals surface area contributed by atoms with Crippen molar-refractivity contribution in [1.82, 2.24) is 0 Å². The van der Waals surface area contributed by atoms with E-state index >= 15 is 0 Å². The zero-order valence-electron chi connectivity index (χ0n) is 19.5. The minimum absolute atomic E-state index is 0.0200. The van der Waals surface area contributed by atoms with Gasteiger partial charge >= 0.3 is 5.97 Å². The number of nitrogens with two attached hydrogens (primary N) is 1. The fourth-order valence-corrected chi connectivity index (χ4v) is 4.77. The molecule has 5 nitrogen and oxygen atoms in total. The molecule has 2 aromatic carbocycles. The molecule has 0 spiro atoms. The number of carbonyl (C=O) groups is 1. The van der Waals surface area contributed by atoms with Gasteiger partial charge in [0.1, 0.15) is 0 Å². The van der Waals surface area contributed by atoms with Crippen molar-refractivity contribution in [3.8, 4) is 0 Å². The van der Waals surface area contributed by atoms with Crippen molar-refractivity contribution in [2.24, 2.45) is 10.7 Å². The van der Waals surface area contributed by atoms with Gasteiger partial charge in [0, 0.05) is 10.6 Å². The summed E-state index contributed by atoms with van der Waals surface area (Å²) in [4.78, 5) is 16.2. The SMILES string of the molecule is CCCOC(=O)C1(c2cccc(Cl)c2)CN=C(N)O1.CCc1c(C)cc2c(c1C)CCC2. The molecule has 4 rings (SSSR count). The number of benzene rings is 2. The van der Waals surface area contributed by atoms with Crippen molar-refractivity contribution in [3.05, 3.63) is 68.7 Å². The topological polar surface area (TPSA) is 73.9 Å². The average molecular weight is 457 g/mol. The van der Waals surface area contributed by atoms with Gasteiger partial charge in [-0.3, -0.25) is 0 Å². The molecule has 1 aliphatic heterocycles. The maximum Gasteiger partial charge on any atom is 0.357 e. The van der Waals surface area contributed by atoms with E-state index < -0.39 is 11.6 Å². The lowest BCUT2D eigenvalue weighted by Gasteiger charge is -2.26. The van der Waals surface area contributed by atoms with Gasteiger partial charge in [0.2, 0.25) is 0 Å². The van der Waals surface area contributed by atoms with Crippen LogP contribution < -0.4 is 5.73 Å². The summed E-state index contributed by atoms with van der Waals surface area (Å²) in [6.07, 6.45) is 5.90. The van der Waals surface area contributed by atoms with Crippen LogP contribution in [0.25, 0.3) is 0 Å². The van der Waals surface area contributed by atoms with Gasteiger partial charge in [-0.1, -0.05) is 43.6 Å². The number of hydrogen-bond acceptors (Lipinski definition) is 5. The summed E-state index contributed by atoms with van der Waals surface area (Å²) in [5.74, 6) is -0.499. The first kappa shape index (κ1) is 24.1. The van der Waals surface area contributed by atoms with Crippen LogP contribution in [0.1, 0.15) is 60.1 Å². The third-order valence-corrected chi connectivity index (χ3v) is 6.42. The van der Waals surface area contributed by atoms with E-state index in [2.05, 4.69) is 31.8 Å². The molecule has 1 unspecified atom stereocenters. The minimum Gasteiger partial charge on any atom is -0.462 e. The van der Waals surface area contributed by atoms with Crippen molar-refractivity contribution >= 4 is 23.6 Å². The van der Waals surface area contributed by atoms with Crippen LogP contribution in [-0.4, -0.2) is 25.1 Å². The van der Waals surface area contributed by atoms with Crippen molar-refractivity contribution in [1.29, 1.82) is 0 Å². The monoisotopic (exact) mass is 456 g/mol. The summed E-state index contributed by atoms with van der Waals surface area (Å²) in [6, 6.07) is 9.25. The summed E-state index contributed by atoms with van der Waals surface area (Å²) < 4.78 is 10.6. The Balaban J connectivity index is 0.000000193. The lowest BCUT2D eigenvalue weighted by Crippen LogP contribution is -2.42. The van der Waals surface area contributed by atoms with Gasteiger partial charge in [0.05, 0.1) is 13.2 Å². The van der Waals surface area contributed by atoms with Gasteiger partial charge in [0.25, 0.3) is 11.6 Å². The molecule has 1 aliphatic carbocycles. The third kappa shape index (κ3) is 4.93. The Morgan fingerprint density at radius 3 is 2.66 bits per heavy atom. The first-order chi connectivity index (χ1) is 15.3. The van der Waals surface area contributed by atoms with Gasteiger partial charge in [0.15, 0.2) is 0 Å². The summed E-state index contributed by atoms with van der Waals surface area (Å²) >= 11 is 5.95. The second-order valence-corrected chi connectivity index (χ2v) is 8.81. The fourth-order valence-electron chi connectivity index (χ4n) is 4.58. The molecule has 2 aromatic rings. The zero-order valence-corrected chi connectivity index (χ0v) is 20.2. The Labute approximate surface area is 196 Å². The molecule has 0 amide bonds. The second-order valence-electron chi connectivity index (χ2n) is 8.37. The van der Waals surface area contributed by atoms with Crippen molar-refractivity contribution in [2.75, 3.05) is 13.2 Å². The molecule has 0 saturated carbocycles. The molecule has 2 aliphatic rings. The van der Waals surface area contributed by atoms with E-state index in [4.69, 9.17) is 26.8 Å². The minimum atomic E-state index is -1.32. The molecule has 0 fully saturated rings. The zero-order chi connectivity index (χ0) is 23.3. The molecule has 172 valence electrons. The number of fused-ring (bicyclic) bond motifs is 1. The lowest BCUT2D eigenvalue weighted by atomic mass is 9.93. The van der Waals surface area contributed by atoms with E-state index in [9.17, 15) is 4.79 Å². The summed E-state index contributed by atoms with van der Waals surface area (Å²) in [5.41, 5.74) is 12.7. The summed E-state index contributed by atoms with van der Waals surface area (Å²) in [7, 11) is 0. The van der Waals surface area contributed by atoms with E-state index in [1.807, 2.05) is 6.92 Å². The number of hydrogen-bond donors (Lipinski definition) is 1. The third-order valence-electron chi connectivity index (χ3n) is 6.18. The van der Waals surface area contributed by atoms with Crippen molar-refractivity contribution in [3.63, 3.8) is 0 Å². The Bertz CT molecular complexity index is 1010. The van der Waals surface area contributed by atoms with Crippen LogP contribution in [0.5, 0.6) is 0 Å². The largest absolute Gasteiger partial charge is 0.462 e. The van der Waals surface area contributed by atoms with Gasteiger partial charge in [-0.15, -0.1) is 0 Å². The summed E-state index contributed by atoms with van der Waals surface area (Å²) in [6.45, 7) is 9.16. The lowest BCUT2D eigenvalue weighted by molar-refractivity contribution is -0.162. The number of carbonyl (C=O) groups excluding carboxylic acids is 1. The van der Waals surface area contributed by atoms with Crippen LogP contribution in [0.3, 0.4) is 0 Å². The smallest absolute Gasteiger partial charge is 0.357 e. The highest BCUT2D eigenvalue weighted by Crippen LogP contribution is 2.33. The van der Waals surface area contributed by atoms with Crippen LogP contribution in [0, 0.1) is 13.8 Å². The predicted octanol–water partition coefficient (Wildman–Crippen LogP) is 5.19. The molecular formula is C26H33ClN2O3. The van der Waals surface area contributed by atoms with Gasteiger partial charge in [-0.25, -0.2) is 9.79 Å². The molecule has 2 N–H and O–H groups in total. The molecule has 1 heterocycles. The number of aryl methyl sites for hydroxylation is 2. The molecule has 0 aromatic heterocycles. The van der Waals surface area contributed by atoms with Crippen LogP contribution >= 0.6 is 11.6 Å². The summed E-state index contributed by atoms with van der Waals surface area (Å²) in [5, 5.41) is 0.509. The van der Waals surface area contributed by atoms with E-state index in [0.717, 1.165) is 6.42 Å². The Morgan fingerprint density at radius 2 is 2.03 bits per heavy atom. The molecular weight excluding hydrogens is 424 g/mol. The molecule has 0 saturated heterocycles. The van der Waals surface area contributed by atoms with Crippen LogP contribution in [0.4, 0.5) is 0 Å². The maximum absolute atomic E-state index is 12.3. The predicted molar refractivity (Wildman–Crippen MR) is 129 cm³/mol. The van der Waals surface area contributed by atoms with Crippen molar-refractivity contribution < 1.29 is 14.3 Å². The van der Waals surface area contributed by atoms with Crippen LogP contribution in [0.2, 0.25) is 5.02 Å². The number of halogens is 1. The molecule has 0 bridgehead atoms. The molecule has 1 atom stereocenters. The number of aliphatic imine (C=N–C) groups is 1. The van der Waals surface area contributed by atoms with Gasteiger partial charge < -0.3 is 15.2 Å². The number of esters is 1. The Kier molecular flexibility index (Phi) is 7.83. The Morgan fingerprint density at radius 1 is 1.25 bits per heavy atom. The number of amidine groups is 1. The second kappa shape index (κ2) is 10.4. The maximum atomic E-state index is 12.3. The molecule has 6 heteroatoms. The van der Waals surface area contributed by atoms with Crippen molar-refractivity contribution in [2.45, 2.75) is 65.4 Å². The fraction of sp³-hybridized carbons (Fsp3) is 0.462. The molecule has 32 heavy (non-hydrogen) atoms. The first-order valence-electron chi connectivity index (χ1n) is 11.3. The van der Waals surface area contributed by atoms with Crippen LogP contribution in [-0.2, 0) is 39.1 Å². The number of ether oxygens (including phenoxy) is 2. The quantitative estimate of drug-likeness (QED) is 0.628. The molecule has 0 radical (unpaired) electrons. The van der Waals surface area contributed by atoms with Gasteiger partial charge in [-0.2, -0.15) is 0 Å². The van der Waals surface area contributed by atoms with E-state index in [1.54, 1.807) is 46.5 Å². The highest BCUT2D eigenvalue weighted by Gasteiger charge is 2.48. The van der Waals surface area contributed by atoms with Gasteiger partial charge in [-0.05, 0) is 85.9 Å². The normalized spacial score (nSPS) is 18.8. The average Bonchev–Trinajstić information content (AvgIpc) is 3.40. The standard InChI is InChI=1S/C13H15ClN2O3.C13H18/c1-2-6-18-11(17)13(8-16-12(15)19-13)9-4-3-5-10(14)7-9;1-4-12-9(2)8-11-6-5-7-13(11)10(12)3/h3-5,7H,2,6,8H2,1H3,(H2,15,16);8H,4-7H2,1-3H3. The number of nitrogens with zero attached hydrogens (tertiary/aromatic N) is 1.